The maximum Gasteiger partial charge on any atom is 0.339 e. The van der Waals surface area contributed by atoms with Crippen LogP contribution in [-0.4, -0.2) is 45.8 Å². The summed E-state index contributed by atoms with van der Waals surface area (Å²) in [6.45, 7) is 2.05. The molecule has 7 nitrogen and oxygen atoms in total. The van der Waals surface area contributed by atoms with Crippen molar-refractivity contribution >= 4 is 29.3 Å². The van der Waals surface area contributed by atoms with Crippen LogP contribution in [0.4, 0.5) is 5.95 Å². The molecule has 0 atom stereocenters. The molecule has 1 aliphatic heterocycles. The molecule has 0 N–H and O–H groups in total. The van der Waals surface area contributed by atoms with Crippen molar-refractivity contribution in [3.63, 3.8) is 0 Å². The molecule has 0 bridgehead atoms. The van der Waals surface area contributed by atoms with Gasteiger partial charge >= 0.3 is 5.97 Å². The second-order valence-corrected chi connectivity index (χ2v) is 9.31. The summed E-state index contributed by atoms with van der Waals surface area (Å²) in [6, 6.07) is 7.41. The zero-order valence-corrected chi connectivity index (χ0v) is 17.9. The van der Waals surface area contributed by atoms with E-state index in [1.54, 1.807) is 12.4 Å². The maximum absolute atomic E-state index is 12.1. The standard InChI is InChI=1S/C22H25N5O2S/c1-29-20(28)16-6-2-3-7-17(16)30-18-14-23-21(27-15-24-25-19(18)27)26-12-10-22(11-13-26)8-4-5-9-22/h2-3,6-7,14-15H,4-5,8-13H2,1H3. The lowest BCUT2D eigenvalue weighted by Gasteiger charge is -2.39. The van der Waals surface area contributed by atoms with Crippen molar-refractivity contribution in [3.8, 4) is 0 Å². The number of hydrogen-bond acceptors (Lipinski definition) is 7. The molecule has 3 heterocycles. The molecule has 8 heteroatoms. The summed E-state index contributed by atoms with van der Waals surface area (Å²) in [7, 11) is 1.39. The van der Waals surface area contributed by atoms with Gasteiger partial charge in [0, 0.05) is 24.2 Å². The highest BCUT2D eigenvalue weighted by atomic mass is 32.2. The number of carbonyl (C=O) groups excluding carboxylic acids is 1. The molecule has 1 aliphatic carbocycles. The van der Waals surface area contributed by atoms with Gasteiger partial charge in [-0.05, 0) is 43.2 Å². The summed E-state index contributed by atoms with van der Waals surface area (Å²) >= 11 is 1.46. The van der Waals surface area contributed by atoms with E-state index >= 15 is 0 Å². The summed E-state index contributed by atoms with van der Waals surface area (Å²) in [5.74, 6) is 0.544. The first-order valence-corrected chi connectivity index (χ1v) is 11.3. The Balaban J connectivity index is 1.42. The molecule has 0 radical (unpaired) electrons. The van der Waals surface area contributed by atoms with Gasteiger partial charge in [0.1, 0.15) is 6.33 Å². The summed E-state index contributed by atoms with van der Waals surface area (Å²) in [4.78, 5) is 20.9. The van der Waals surface area contributed by atoms with Crippen LogP contribution in [0.15, 0.2) is 46.6 Å². The lowest BCUT2D eigenvalue weighted by Crippen LogP contribution is -2.40. The van der Waals surface area contributed by atoms with E-state index in [0.717, 1.165) is 34.5 Å². The fourth-order valence-corrected chi connectivity index (χ4v) is 5.83. The van der Waals surface area contributed by atoms with E-state index < -0.39 is 0 Å². The Morgan fingerprint density at radius 3 is 2.63 bits per heavy atom. The molecule has 2 aliphatic rings. The lowest BCUT2D eigenvalue weighted by molar-refractivity contribution is 0.0597. The predicted molar refractivity (Wildman–Crippen MR) is 115 cm³/mol. The number of hydrogen-bond donors (Lipinski definition) is 0. The molecule has 0 amide bonds. The van der Waals surface area contributed by atoms with Crippen molar-refractivity contribution in [3.05, 3.63) is 42.4 Å². The number of ether oxygens (including phenoxy) is 1. The molecule has 1 aromatic carbocycles. The molecule has 1 saturated carbocycles. The Morgan fingerprint density at radius 1 is 1.10 bits per heavy atom. The number of piperidine rings is 1. The zero-order valence-electron chi connectivity index (χ0n) is 17.1. The minimum atomic E-state index is -0.352. The van der Waals surface area contributed by atoms with Gasteiger partial charge in [0.15, 0.2) is 5.65 Å². The fraction of sp³-hybridized carbons (Fsp3) is 0.455. The van der Waals surface area contributed by atoms with Crippen molar-refractivity contribution in [2.24, 2.45) is 5.41 Å². The molecule has 2 fully saturated rings. The van der Waals surface area contributed by atoms with Crippen LogP contribution in [0, 0.1) is 5.41 Å². The Morgan fingerprint density at radius 2 is 1.87 bits per heavy atom. The quantitative estimate of drug-likeness (QED) is 0.582. The van der Waals surface area contributed by atoms with Crippen LogP contribution >= 0.6 is 11.8 Å². The van der Waals surface area contributed by atoms with Gasteiger partial charge in [-0.15, -0.1) is 10.2 Å². The highest BCUT2D eigenvalue weighted by Crippen LogP contribution is 2.46. The van der Waals surface area contributed by atoms with Crippen LogP contribution in [0.3, 0.4) is 0 Å². The topological polar surface area (TPSA) is 72.6 Å². The number of aromatic nitrogens is 4. The number of methoxy groups -OCH3 is 1. The van der Waals surface area contributed by atoms with Gasteiger partial charge in [0.2, 0.25) is 5.95 Å². The maximum atomic E-state index is 12.1. The third-order valence-electron chi connectivity index (χ3n) is 6.56. The van der Waals surface area contributed by atoms with Gasteiger partial charge in [-0.2, -0.15) is 0 Å². The minimum absolute atomic E-state index is 0.352. The zero-order chi connectivity index (χ0) is 20.6. The number of rotatable bonds is 4. The minimum Gasteiger partial charge on any atom is -0.465 e. The van der Waals surface area contributed by atoms with E-state index in [0.29, 0.717) is 11.0 Å². The first-order valence-electron chi connectivity index (χ1n) is 10.5. The molecule has 3 aromatic rings. The highest BCUT2D eigenvalue weighted by molar-refractivity contribution is 7.99. The summed E-state index contributed by atoms with van der Waals surface area (Å²) in [5, 5.41) is 8.49. The van der Waals surface area contributed by atoms with Gasteiger partial charge in [-0.3, -0.25) is 0 Å². The van der Waals surface area contributed by atoms with Gasteiger partial charge in [0.25, 0.3) is 0 Å². The third-order valence-corrected chi connectivity index (χ3v) is 7.65. The fourth-order valence-electron chi connectivity index (χ4n) is 4.85. The number of fused-ring (bicyclic) bond motifs is 1. The van der Waals surface area contributed by atoms with Crippen LogP contribution in [0.25, 0.3) is 5.65 Å². The van der Waals surface area contributed by atoms with Crippen LogP contribution < -0.4 is 4.90 Å². The Hall–Kier alpha value is -2.61. The van der Waals surface area contributed by atoms with E-state index in [1.165, 1.54) is 57.4 Å². The highest BCUT2D eigenvalue weighted by Gasteiger charge is 2.37. The van der Waals surface area contributed by atoms with Crippen LogP contribution in [0.1, 0.15) is 48.9 Å². The first-order chi connectivity index (χ1) is 14.7. The summed E-state index contributed by atoms with van der Waals surface area (Å²) < 4.78 is 6.89. The normalized spacial score (nSPS) is 18.2. The second kappa shape index (κ2) is 7.91. The van der Waals surface area contributed by atoms with Crippen molar-refractivity contribution < 1.29 is 9.53 Å². The van der Waals surface area contributed by atoms with Crippen LogP contribution in [0.5, 0.6) is 0 Å². The van der Waals surface area contributed by atoms with Crippen LogP contribution in [-0.2, 0) is 4.74 Å². The summed E-state index contributed by atoms with van der Waals surface area (Å²) in [6.07, 6.45) is 11.6. The Kier molecular flexibility index (Phi) is 5.10. The van der Waals surface area contributed by atoms with Crippen molar-refractivity contribution in [2.45, 2.75) is 48.3 Å². The van der Waals surface area contributed by atoms with E-state index in [9.17, 15) is 4.79 Å². The van der Waals surface area contributed by atoms with E-state index in [1.807, 2.05) is 28.8 Å². The first kappa shape index (κ1) is 19.4. The molecule has 2 aromatic heterocycles. The van der Waals surface area contributed by atoms with E-state index in [4.69, 9.17) is 9.72 Å². The Labute approximate surface area is 179 Å². The molecule has 1 spiro atoms. The average molecular weight is 424 g/mol. The van der Waals surface area contributed by atoms with Gasteiger partial charge in [-0.1, -0.05) is 36.7 Å². The van der Waals surface area contributed by atoms with Gasteiger partial charge < -0.3 is 9.64 Å². The number of benzene rings is 1. The van der Waals surface area contributed by atoms with Crippen LogP contribution in [0.2, 0.25) is 0 Å². The molecule has 0 unspecified atom stereocenters. The Bertz CT molecular complexity index is 1070. The van der Waals surface area contributed by atoms with Gasteiger partial charge in [0.05, 0.1) is 17.6 Å². The molecule has 1 saturated heterocycles. The van der Waals surface area contributed by atoms with Crippen molar-refractivity contribution in [2.75, 3.05) is 25.1 Å². The van der Waals surface area contributed by atoms with Gasteiger partial charge in [-0.25, -0.2) is 14.2 Å². The number of carbonyl (C=O) groups is 1. The smallest absolute Gasteiger partial charge is 0.339 e. The SMILES string of the molecule is COC(=O)c1ccccc1Sc1cnc(N2CCC3(CCCC3)CC2)n2cnnc12. The molecular weight excluding hydrogens is 398 g/mol. The van der Waals surface area contributed by atoms with Crippen molar-refractivity contribution in [1.82, 2.24) is 19.6 Å². The largest absolute Gasteiger partial charge is 0.465 e. The average Bonchev–Trinajstić information content (AvgIpc) is 3.45. The second-order valence-electron chi connectivity index (χ2n) is 8.23. The molecule has 30 heavy (non-hydrogen) atoms. The monoisotopic (exact) mass is 423 g/mol. The lowest BCUT2D eigenvalue weighted by atomic mass is 9.77. The molecule has 5 rings (SSSR count). The molecule has 156 valence electrons. The molecular formula is C22H25N5O2S. The van der Waals surface area contributed by atoms with E-state index in [2.05, 4.69) is 15.1 Å². The predicted octanol–water partition coefficient (Wildman–Crippen LogP) is 4.22. The van der Waals surface area contributed by atoms with Crippen molar-refractivity contribution in [1.29, 1.82) is 0 Å². The number of nitrogens with zero attached hydrogens (tertiary/aromatic N) is 5. The number of anilines is 1. The number of esters is 1. The van der Waals surface area contributed by atoms with E-state index in [-0.39, 0.29) is 5.97 Å². The third kappa shape index (κ3) is 3.43. The summed E-state index contributed by atoms with van der Waals surface area (Å²) in [5.41, 5.74) is 1.85.